The SMILES string of the molecule is [B][C@](C)(CCC)CCCCCCCCC. The molecule has 1 atom stereocenters. The largest absolute Gasteiger partial charge is 0.0742 e. The predicted octanol–water partition coefficient (Wildman–Crippen LogP) is 5.27. The van der Waals surface area contributed by atoms with E-state index in [2.05, 4.69) is 20.8 Å². The fourth-order valence-electron chi connectivity index (χ4n) is 2.18. The molecule has 0 spiro atoms. The zero-order valence-corrected chi connectivity index (χ0v) is 11.1. The van der Waals surface area contributed by atoms with Crippen molar-refractivity contribution in [1.82, 2.24) is 0 Å². The molecule has 0 aliphatic rings. The molecule has 0 aromatic heterocycles. The number of hydrogen-bond donors (Lipinski definition) is 0. The second kappa shape index (κ2) is 9.30. The van der Waals surface area contributed by atoms with Gasteiger partial charge in [-0.1, -0.05) is 90.3 Å². The lowest BCUT2D eigenvalue weighted by molar-refractivity contribution is 0.470. The van der Waals surface area contributed by atoms with Crippen LogP contribution in [0.25, 0.3) is 0 Å². The van der Waals surface area contributed by atoms with Gasteiger partial charge in [0.05, 0.1) is 7.85 Å². The van der Waals surface area contributed by atoms with Crippen LogP contribution in [0.2, 0.25) is 5.31 Å². The van der Waals surface area contributed by atoms with Gasteiger partial charge in [-0.3, -0.25) is 0 Å². The van der Waals surface area contributed by atoms with E-state index in [1.54, 1.807) is 0 Å². The Labute approximate surface area is 98.6 Å². The van der Waals surface area contributed by atoms with Crippen molar-refractivity contribution in [2.45, 2.75) is 90.3 Å². The van der Waals surface area contributed by atoms with Crippen LogP contribution in [-0.2, 0) is 0 Å². The van der Waals surface area contributed by atoms with Crippen molar-refractivity contribution in [3.8, 4) is 0 Å². The topological polar surface area (TPSA) is 0 Å². The zero-order chi connectivity index (χ0) is 11.6. The van der Waals surface area contributed by atoms with Crippen molar-refractivity contribution in [3.63, 3.8) is 0 Å². The molecule has 0 bridgehead atoms. The molecule has 0 aliphatic carbocycles. The molecule has 0 aliphatic heterocycles. The van der Waals surface area contributed by atoms with E-state index in [-0.39, 0.29) is 5.31 Å². The van der Waals surface area contributed by atoms with Crippen molar-refractivity contribution >= 4 is 7.85 Å². The quantitative estimate of drug-likeness (QED) is 0.338. The molecule has 0 unspecified atom stereocenters. The molecule has 0 heterocycles. The van der Waals surface area contributed by atoms with Crippen molar-refractivity contribution in [1.29, 1.82) is 0 Å². The molecule has 0 rings (SSSR count). The van der Waals surface area contributed by atoms with E-state index in [1.165, 1.54) is 64.2 Å². The summed E-state index contributed by atoms with van der Waals surface area (Å²) in [5.74, 6) is 0. The van der Waals surface area contributed by atoms with Gasteiger partial charge in [-0.05, 0) is 0 Å². The van der Waals surface area contributed by atoms with Gasteiger partial charge < -0.3 is 0 Å². The minimum atomic E-state index is 0.0954. The Morgan fingerprint density at radius 1 is 0.733 bits per heavy atom. The second-order valence-corrected chi connectivity index (χ2v) is 5.28. The van der Waals surface area contributed by atoms with Crippen LogP contribution < -0.4 is 0 Å². The molecule has 0 aromatic rings. The number of hydrogen-bond acceptors (Lipinski definition) is 0. The monoisotopic (exact) mass is 208 g/mol. The molecule has 1 heteroatoms. The minimum absolute atomic E-state index is 0.0954. The summed E-state index contributed by atoms with van der Waals surface area (Å²) >= 11 is 0. The summed E-state index contributed by atoms with van der Waals surface area (Å²) in [6.45, 7) is 6.69. The summed E-state index contributed by atoms with van der Waals surface area (Å²) < 4.78 is 0. The van der Waals surface area contributed by atoms with E-state index in [1.807, 2.05) is 0 Å². The molecule has 0 saturated carbocycles. The van der Waals surface area contributed by atoms with Gasteiger partial charge in [0, 0.05) is 0 Å². The van der Waals surface area contributed by atoms with E-state index in [0.717, 1.165) is 0 Å². The zero-order valence-electron chi connectivity index (χ0n) is 11.1. The summed E-state index contributed by atoms with van der Waals surface area (Å²) in [6, 6.07) is 0. The molecule has 15 heavy (non-hydrogen) atoms. The predicted molar refractivity (Wildman–Crippen MR) is 71.6 cm³/mol. The molecular formula is C14H29B. The maximum absolute atomic E-state index is 6.19. The average Bonchev–Trinajstić information content (AvgIpc) is 2.16. The Kier molecular flexibility index (Phi) is 9.34. The highest BCUT2D eigenvalue weighted by atomic mass is 14.1. The summed E-state index contributed by atoms with van der Waals surface area (Å²) in [7, 11) is 6.19. The van der Waals surface area contributed by atoms with Crippen molar-refractivity contribution < 1.29 is 0 Å². The molecule has 0 nitrogen and oxygen atoms in total. The van der Waals surface area contributed by atoms with E-state index in [9.17, 15) is 0 Å². The number of unbranched alkanes of at least 4 members (excludes halogenated alkanes) is 6. The van der Waals surface area contributed by atoms with Gasteiger partial charge in [0.15, 0.2) is 0 Å². The summed E-state index contributed by atoms with van der Waals surface area (Å²) in [6.07, 6.45) is 13.3. The van der Waals surface area contributed by atoms with Gasteiger partial charge in [0.25, 0.3) is 0 Å². The first-order chi connectivity index (χ1) is 7.12. The third-order valence-electron chi connectivity index (χ3n) is 3.17. The van der Waals surface area contributed by atoms with Gasteiger partial charge >= 0.3 is 0 Å². The van der Waals surface area contributed by atoms with Gasteiger partial charge in [0.1, 0.15) is 0 Å². The lowest BCUT2D eigenvalue weighted by Gasteiger charge is -2.24. The van der Waals surface area contributed by atoms with E-state index >= 15 is 0 Å². The fraction of sp³-hybridized carbons (Fsp3) is 1.00. The first-order valence-corrected chi connectivity index (χ1v) is 6.91. The Bertz CT molecular complexity index is 129. The average molecular weight is 208 g/mol. The van der Waals surface area contributed by atoms with Gasteiger partial charge in [-0.15, -0.1) is 0 Å². The van der Waals surface area contributed by atoms with Crippen molar-refractivity contribution in [3.05, 3.63) is 0 Å². The van der Waals surface area contributed by atoms with Crippen LogP contribution in [0.1, 0.15) is 85.0 Å². The normalized spacial score (nSPS) is 15.1. The third-order valence-corrected chi connectivity index (χ3v) is 3.17. The molecule has 88 valence electrons. The number of rotatable bonds is 10. The maximum atomic E-state index is 6.19. The first-order valence-electron chi connectivity index (χ1n) is 6.91. The minimum Gasteiger partial charge on any atom is -0.0688 e. The first kappa shape index (κ1) is 15.1. The Hall–Kier alpha value is 0.0649. The summed E-state index contributed by atoms with van der Waals surface area (Å²) in [4.78, 5) is 0. The van der Waals surface area contributed by atoms with Crippen LogP contribution in [0, 0.1) is 0 Å². The summed E-state index contributed by atoms with van der Waals surface area (Å²) in [5, 5.41) is 0.0954. The lowest BCUT2D eigenvalue weighted by atomic mass is 9.64. The highest BCUT2D eigenvalue weighted by Crippen LogP contribution is 2.33. The molecule has 0 amide bonds. The highest BCUT2D eigenvalue weighted by Gasteiger charge is 2.14. The van der Waals surface area contributed by atoms with E-state index in [4.69, 9.17) is 7.85 Å². The van der Waals surface area contributed by atoms with Crippen LogP contribution in [0.15, 0.2) is 0 Å². The van der Waals surface area contributed by atoms with Gasteiger partial charge in [0.2, 0.25) is 0 Å². The highest BCUT2D eigenvalue weighted by molar-refractivity contribution is 6.14. The van der Waals surface area contributed by atoms with Crippen LogP contribution in [0.4, 0.5) is 0 Å². The van der Waals surface area contributed by atoms with Gasteiger partial charge in [-0.2, -0.15) is 0 Å². The van der Waals surface area contributed by atoms with Crippen LogP contribution in [0.3, 0.4) is 0 Å². The van der Waals surface area contributed by atoms with Gasteiger partial charge in [-0.25, -0.2) is 0 Å². The molecule has 0 saturated heterocycles. The van der Waals surface area contributed by atoms with Crippen LogP contribution >= 0.6 is 0 Å². The Morgan fingerprint density at radius 2 is 1.27 bits per heavy atom. The maximum Gasteiger partial charge on any atom is 0.0742 e. The fourth-order valence-corrected chi connectivity index (χ4v) is 2.18. The Morgan fingerprint density at radius 3 is 1.80 bits per heavy atom. The third kappa shape index (κ3) is 10.3. The molecular weight excluding hydrogens is 179 g/mol. The van der Waals surface area contributed by atoms with E-state index in [0.29, 0.717) is 0 Å². The van der Waals surface area contributed by atoms with Crippen molar-refractivity contribution in [2.75, 3.05) is 0 Å². The molecule has 0 fully saturated rings. The lowest BCUT2D eigenvalue weighted by Crippen LogP contribution is -2.07. The van der Waals surface area contributed by atoms with Crippen molar-refractivity contribution in [2.24, 2.45) is 0 Å². The second-order valence-electron chi connectivity index (χ2n) is 5.28. The van der Waals surface area contributed by atoms with Crippen LogP contribution in [-0.4, -0.2) is 7.85 Å². The Balaban J connectivity index is 3.22. The molecule has 0 aromatic carbocycles. The van der Waals surface area contributed by atoms with E-state index < -0.39 is 0 Å². The summed E-state index contributed by atoms with van der Waals surface area (Å²) in [5.41, 5.74) is 0. The standard InChI is InChI=1S/C14H29B/c1-4-6-7-8-9-10-11-13-14(3,15)12-5-2/h4-13H2,1-3H3/t14-/m1/s1. The smallest absolute Gasteiger partial charge is 0.0688 e. The van der Waals surface area contributed by atoms with Crippen LogP contribution in [0.5, 0.6) is 0 Å². The molecule has 2 radical (unpaired) electrons. The molecule has 0 N–H and O–H groups in total.